The molecule has 0 radical (unpaired) electrons. The number of rotatable bonds is 3. The maximum atomic E-state index is 6.00. The van der Waals surface area contributed by atoms with Crippen molar-refractivity contribution in [2.75, 3.05) is 31.7 Å². The van der Waals surface area contributed by atoms with Crippen molar-refractivity contribution in [3.05, 3.63) is 53.5 Å². The van der Waals surface area contributed by atoms with Gasteiger partial charge in [0.05, 0.1) is 20.3 Å². The third-order valence-corrected chi connectivity index (χ3v) is 5.03. The summed E-state index contributed by atoms with van der Waals surface area (Å²) in [6.45, 7) is 2.47. The molecule has 4 nitrogen and oxygen atoms in total. The molecule has 0 spiro atoms. The summed E-state index contributed by atoms with van der Waals surface area (Å²) in [5.74, 6) is 0.883. The molecule has 1 fully saturated rings. The fourth-order valence-corrected chi connectivity index (χ4v) is 3.65. The fourth-order valence-electron chi connectivity index (χ4n) is 2.97. The molecule has 1 saturated heterocycles. The molecule has 5 heteroatoms. The second-order valence-electron chi connectivity index (χ2n) is 5.59. The van der Waals surface area contributed by atoms with Gasteiger partial charge in [0.15, 0.2) is 5.13 Å². The van der Waals surface area contributed by atoms with Gasteiger partial charge in [0.1, 0.15) is 11.9 Å². The Labute approximate surface area is 139 Å². The van der Waals surface area contributed by atoms with E-state index in [1.807, 2.05) is 17.6 Å². The average Bonchev–Trinajstić information content (AvgIpc) is 3.15. The van der Waals surface area contributed by atoms with Crippen LogP contribution in [0.25, 0.3) is 10.8 Å². The molecule has 2 aromatic carbocycles. The van der Waals surface area contributed by atoms with E-state index in [1.54, 1.807) is 18.4 Å². The SMILES string of the molecule is COc1ccc2cc([C@@H]3CN(c4nccs4)CCO3)ccc2c1. The first kappa shape index (κ1) is 14.5. The zero-order valence-electron chi connectivity index (χ0n) is 12.9. The van der Waals surface area contributed by atoms with Crippen molar-refractivity contribution in [3.63, 3.8) is 0 Å². The minimum atomic E-state index is 0.0825. The summed E-state index contributed by atoms with van der Waals surface area (Å²) in [7, 11) is 1.69. The van der Waals surface area contributed by atoms with Crippen LogP contribution in [0.1, 0.15) is 11.7 Å². The number of hydrogen-bond acceptors (Lipinski definition) is 5. The lowest BCUT2D eigenvalue weighted by molar-refractivity contribution is 0.0399. The van der Waals surface area contributed by atoms with E-state index in [2.05, 4.69) is 40.2 Å². The van der Waals surface area contributed by atoms with Gasteiger partial charge in [-0.2, -0.15) is 0 Å². The number of fused-ring (bicyclic) bond motifs is 1. The first-order valence-electron chi connectivity index (χ1n) is 7.67. The molecule has 0 amide bonds. The van der Waals surface area contributed by atoms with Gasteiger partial charge in [-0.15, -0.1) is 11.3 Å². The Hall–Kier alpha value is -2.11. The van der Waals surface area contributed by atoms with E-state index in [-0.39, 0.29) is 6.10 Å². The minimum Gasteiger partial charge on any atom is -0.497 e. The summed E-state index contributed by atoms with van der Waals surface area (Å²) < 4.78 is 11.3. The second-order valence-corrected chi connectivity index (χ2v) is 6.47. The van der Waals surface area contributed by atoms with Gasteiger partial charge in [0.25, 0.3) is 0 Å². The number of hydrogen-bond donors (Lipinski definition) is 0. The summed E-state index contributed by atoms with van der Waals surface area (Å²) in [5, 5.41) is 5.48. The molecule has 3 aromatic rings. The highest BCUT2D eigenvalue weighted by atomic mass is 32.1. The van der Waals surface area contributed by atoms with Crippen molar-refractivity contribution in [1.82, 2.24) is 4.98 Å². The van der Waals surface area contributed by atoms with E-state index in [1.165, 1.54) is 16.3 Å². The molecule has 1 aliphatic rings. The Morgan fingerprint density at radius 2 is 2.09 bits per heavy atom. The molecule has 1 aliphatic heterocycles. The molecule has 0 saturated carbocycles. The largest absolute Gasteiger partial charge is 0.497 e. The first-order valence-corrected chi connectivity index (χ1v) is 8.55. The quantitative estimate of drug-likeness (QED) is 0.731. The number of ether oxygens (including phenoxy) is 2. The van der Waals surface area contributed by atoms with Gasteiger partial charge >= 0.3 is 0 Å². The predicted molar refractivity (Wildman–Crippen MR) is 93.5 cm³/mol. The zero-order chi connectivity index (χ0) is 15.6. The van der Waals surface area contributed by atoms with Crippen LogP contribution in [0.4, 0.5) is 5.13 Å². The lowest BCUT2D eigenvalue weighted by atomic mass is 10.0. The molecule has 2 heterocycles. The number of methoxy groups -OCH3 is 1. The third kappa shape index (κ3) is 2.90. The van der Waals surface area contributed by atoms with Crippen molar-refractivity contribution in [2.45, 2.75) is 6.10 Å². The lowest BCUT2D eigenvalue weighted by Crippen LogP contribution is -2.38. The van der Waals surface area contributed by atoms with Gasteiger partial charge in [0.2, 0.25) is 0 Å². The molecule has 1 atom stereocenters. The monoisotopic (exact) mass is 326 g/mol. The molecular weight excluding hydrogens is 308 g/mol. The number of thiazole rings is 1. The average molecular weight is 326 g/mol. The van der Waals surface area contributed by atoms with Crippen molar-refractivity contribution in [1.29, 1.82) is 0 Å². The topological polar surface area (TPSA) is 34.6 Å². The molecule has 0 bridgehead atoms. The number of benzene rings is 2. The Balaban J connectivity index is 1.60. The van der Waals surface area contributed by atoms with Crippen LogP contribution >= 0.6 is 11.3 Å². The number of aromatic nitrogens is 1. The highest BCUT2D eigenvalue weighted by Gasteiger charge is 2.23. The third-order valence-electron chi connectivity index (χ3n) is 4.20. The molecule has 0 aliphatic carbocycles. The van der Waals surface area contributed by atoms with Gasteiger partial charge in [-0.3, -0.25) is 0 Å². The van der Waals surface area contributed by atoms with Crippen LogP contribution < -0.4 is 9.64 Å². The van der Waals surface area contributed by atoms with Gasteiger partial charge in [0, 0.05) is 18.1 Å². The van der Waals surface area contributed by atoms with Crippen molar-refractivity contribution in [3.8, 4) is 5.75 Å². The smallest absolute Gasteiger partial charge is 0.185 e. The van der Waals surface area contributed by atoms with Gasteiger partial charge < -0.3 is 14.4 Å². The van der Waals surface area contributed by atoms with Crippen molar-refractivity contribution >= 4 is 27.2 Å². The van der Waals surface area contributed by atoms with E-state index in [9.17, 15) is 0 Å². The summed E-state index contributed by atoms with van der Waals surface area (Å²) >= 11 is 1.68. The van der Waals surface area contributed by atoms with E-state index < -0.39 is 0 Å². The highest BCUT2D eigenvalue weighted by Crippen LogP contribution is 2.30. The zero-order valence-corrected chi connectivity index (χ0v) is 13.8. The number of morpholine rings is 1. The Morgan fingerprint density at radius 3 is 2.91 bits per heavy atom. The number of anilines is 1. The summed E-state index contributed by atoms with van der Waals surface area (Å²) in [6, 6.07) is 12.7. The van der Waals surface area contributed by atoms with E-state index in [4.69, 9.17) is 9.47 Å². The van der Waals surface area contributed by atoms with E-state index in [0.29, 0.717) is 0 Å². The van der Waals surface area contributed by atoms with Crippen molar-refractivity contribution < 1.29 is 9.47 Å². The predicted octanol–water partition coefficient (Wildman–Crippen LogP) is 3.88. The molecule has 23 heavy (non-hydrogen) atoms. The van der Waals surface area contributed by atoms with E-state index in [0.717, 1.165) is 30.6 Å². The summed E-state index contributed by atoms with van der Waals surface area (Å²) in [5.41, 5.74) is 1.21. The fraction of sp³-hybridized carbons (Fsp3) is 0.278. The summed E-state index contributed by atoms with van der Waals surface area (Å²) in [4.78, 5) is 6.71. The van der Waals surface area contributed by atoms with Gasteiger partial charge in [-0.25, -0.2) is 4.98 Å². The maximum Gasteiger partial charge on any atom is 0.185 e. The van der Waals surface area contributed by atoms with Crippen LogP contribution in [-0.2, 0) is 4.74 Å². The molecular formula is C18H18N2O2S. The Morgan fingerprint density at radius 1 is 1.22 bits per heavy atom. The molecule has 118 valence electrons. The molecule has 0 unspecified atom stereocenters. The molecule has 1 aromatic heterocycles. The minimum absolute atomic E-state index is 0.0825. The van der Waals surface area contributed by atoms with Gasteiger partial charge in [-0.1, -0.05) is 18.2 Å². The standard InChI is InChI=1S/C18H18N2O2S/c1-21-16-5-4-13-10-15(3-2-14(13)11-16)17-12-20(7-8-22-17)18-19-6-9-23-18/h2-6,9-11,17H,7-8,12H2,1H3/t17-/m0/s1. The van der Waals surface area contributed by atoms with Crippen LogP contribution in [0.5, 0.6) is 5.75 Å². The van der Waals surface area contributed by atoms with E-state index >= 15 is 0 Å². The number of nitrogens with zero attached hydrogens (tertiary/aromatic N) is 2. The molecule has 0 N–H and O–H groups in total. The Bertz CT molecular complexity index is 804. The van der Waals surface area contributed by atoms with Crippen LogP contribution in [0.3, 0.4) is 0 Å². The van der Waals surface area contributed by atoms with Crippen LogP contribution in [0.15, 0.2) is 48.0 Å². The second kappa shape index (κ2) is 6.18. The van der Waals surface area contributed by atoms with Gasteiger partial charge in [-0.05, 0) is 34.5 Å². The summed E-state index contributed by atoms with van der Waals surface area (Å²) in [6.07, 6.45) is 1.94. The normalized spacial score (nSPS) is 18.3. The van der Waals surface area contributed by atoms with Crippen LogP contribution in [0, 0.1) is 0 Å². The first-order chi connectivity index (χ1) is 11.3. The lowest BCUT2D eigenvalue weighted by Gasteiger charge is -2.33. The molecule has 4 rings (SSSR count). The Kier molecular flexibility index (Phi) is 3.89. The highest BCUT2D eigenvalue weighted by molar-refractivity contribution is 7.13. The van der Waals surface area contributed by atoms with Crippen LogP contribution in [-0.4, -0.2) is 31.8 Å². The maximum absolute atomic E-state index is 6.00. The van der Waals surface area contributed by atoms with Crippen LogP contribution in [0.2, 0.25) is 0 Å². The van der Waals surface area contributed by atoms with Crippen molar-refractivity contribution in [2.24, 2.45) is 0 Å².